The zero-order valence-electron chi connectivity index (χ0n) is 14.5. The third kappa shape index (κ3) is 2.80. The van der Waals surface area contributed by atoms with Crippen LogP contribution in [0.3, 0.4) is 0 Å². The van der Waals surface area contributed by atoms with Gasteiger partial charge in [-0.3, -0.25) is 9.59 Å². The van der Waals surface area contributed by atoms with E-state index in [1.54, 1.807) is 0 Å². The molecule has 2 atom stereocenters. The Morgan fingerprint density at radius 1 is 1.23 bits per heavy atom. The van der Waals surface area contributed by atoms with Gasteiger partial charge in [-0.2, -0.15) is 0 Å². The molecule has 0 spiro atoms. The fourth-order valence-electron chi connectivity index (χ4n) is 4.69. The molecule has 22 heavy (non-hydrogen) atoms. The van der Waals surface area contributed by atoms with Crippen molar-refractivity contribution in [2.24, 2.45) is 16.2 Å². The van der Waals surface area contributed by atoms with Gasteiger partial charge in [0.15, 0.2) is 0 Å². The summed E-state index contributed by atoms with van der Waals surface area (Å²) in [4.78, 5) is 24.3. The van der Waals surface area contributed by atoms with E-state index in [0.29, 0.717) is 6.42 Å². The van der Waals surface area contributed by atoms with Crippen molar-refractivity contribution in [1.29, 1.82) is 0 Å². The van der Waals surface area contributed by atoms with Crippen molar-refractivity contribution in [3.63, 3.8) is 0 Å². The SMILES string of the molecule is COC(=O)CC12CCC[C@](C)(CC=C1C(C)(C)C(=O)OC)C2. The van der Waals surface area contributed by atoms with Gasteiger partial charge >= 0.3 is 11.9 Å². The van der Waals surface area contributed by atoms with E-state index in [0.717, 1.165) is 31.3 Å². The topological polar surface area (TPSA) is 52.6 Å². The second-order valence-corrected chi connectivity index (χ2v) is 7.81. The van der Waals surface area contributed by atoms with Gasteiger partial charge < -0.3 is 9.47 Å². The second kappa shape index (κ2) is 5.71. The molecule has 1 saturated carbocycles. The minimum absolute atomic E-state index is 0.197. The maximum Gasteiger partial charge on any atom is 0.315 e. The molecule has 4 heteroatoms. The fraction of sp³-hybridized carbons (Fsp3) is 0.778. The molecular weight excluding hydrogens is 280 g/mol. The molecule has 1 fully saturated rings. The van der Waals surface area contributed by atoms with Gasteiger partial charge in [0.25, 0.3) is 0 Å². The highest BCUT2D eigenvalue weighted by Gasteiger charge is 2.53. The van der Waals surface area contributed by atoms with Crippen LogP contribution in [-0.4, -0.2) is 26.2 Å². The molecule has 0 aliphatic heterocycles. The van der Waals surface area contributed by atoms with E-state index in [1.165, 1.54) is 20.6 Å². The number of allylic oxidation sites excluding steroid dienone is 1. The first-order valence-corrected chi connectivity index (χ1v) is 8.05. The molecule has 0 radical (unpaired) electrons. The number of esters is 2. The van der Waals surface area contributed by atoms with E-state index in [9.17, 15) is 9.59 Å². The summed E-state index contributed by atoms with van der Waals surface area (Å²) in [5, 5.41) is 0. The lowest BCUT2D eigenvalue weighted by molar-refractivity contribution is -0.152. The summed E-state index contributed by atoms with van der Waals surface area (Å²) in [5.41, 5.74) is 0.314. The van der Waals surface area contributed by atoms with Crippen LogP contribution in [0, 0.1) is 16.2 Å². The Morgan fingerprint density at radius 2 is 1.91 bits per heavy atom. The summed E-state index contributed by atoms with van der Waals surface area (Å²) < 4.78 is 9.95. The first kappa shape index (κ1) is 17.0. The van der Waals surface area contributed by atoms with Gasteiger partial charge in [-0.25, -0.2) is 0 Å². The van der Waals surface area contributed by atoms with Crippen LogP contribution in [-0.2, 0) is 19.1 Å². The number of hydrogen-bond acceptors (Lipinski definition) is 4. The van der Waals surface area contributed by atoms with Crippen LogP contribution < -0.4 is 0 Å². The summed E-state index contributed by atoms with van der Waals surface area (Å²) >= 11 is 0. The maximum absolute atomic E-state index is 12.3. The number of carbonyl (C=O) groups is 2. The molecule has 0 aromatic heterocycles. The summed E-state index contributed by atoms with van der Waals surface area (Å²) in [6.07, 6.45) is 7.66. The van der Waals surface area contributed by atoms with Gasteiger partial charge in [-0.15, -0.1) is 0 Å². The lowest BCUT2D eigenvalue weighted by Gasteiger charge is -2.53. The maximum atomic E-state index is 12.3. The molecule has 4 nitrogen and oxygen atoms in total. The molecule has 0 amide bonds. The minimum Gasteiger partial charge on any atom is -0.469 e. The van der Waals surface area contributed by atoms with E-state index >= 15 is 0 Å². The molecule has 1 unspecified atom stereocenters. The monoisotopic (exact) mass is 308 g/mol. The normalized spacial score (nSPS) is 31.2. The molecule has 2 bridgehead atoms. The molecule has 0 heterocycles. The third-order valence-corrected chi connectivity index (χ3v) is 5.65. The van der Waals surface area contributed by atoms with Crippen molar-refractivity contribution in [3.05, 3.63) is 11.6 Å². The summed E-state index contributed by atoms with van der Waals surface area (Å²) in [5.74, 6) is -0.435. The second-order valence-electron chi connectivity index (χ2n) is 7.81. The Morgan fingerprint density at radius 3 is 2.50 bits per heavy atom. The lowest BCUT2D eigenvalue weighted by atomic mass is 9.50. The molecule has 2 aliphatic rings. The van der Waals surface area contributed by atoms with E-state index in [1.807, 2.05) is 13.8 Å². The van der Waals surface area contributed by atoms with Crippen molar-refractivity contribution in [2.75, 3.05) is 14.2 Å². The van der Waals surface area contributed by atoms with Gasteiger partial charge in [0.2, 0.25) is 0 Å². The van der Waals surface area contributed by atoms with E-state index in [4.69, 9.17) is 9.47 Å². The lowest BCUT2D eigenvalue weighted by Crippen LogP contribution is -2.46. The van der Waals surface area contributed by atoms with Gasteiger partial charge in [-0.1, -0.05) is 25.0 Å². The number of rotatable bonds is 4. The third-order valence-electron chi connectivity index (χ3n) is 5.65. The van der Waals surface area contributed by atoms with Gasteiger partial charge in [0, 0.05) is 5.41 Å². The molecule has 124 valence electrons. The Kier molecular flexibility index (Phi) is 4.42. The number of ether oxygens (including phenoxy) is 2. The van der Waals surface area contributed by atoms with Crippen molar-refractivity contribution in [1.82, 2.24) is 0 Å². The summed E-state index contributed by atoms with van der Waals surface area (Å²) in [6, 6.07) is 0. The molecule has 2 rings (SSSR count). The van der Waals surface area contributed by atoms with Crippen molar-refractivity contribution >= 4 is 11.9 Å². The summed E-state index contributed by atoms with van der Waals surface area (Å²) in [7, 11) is 2.85. The van der Waals surface area contributed by atoms with Crippen molar-refractivity contribution < 1.29 is 19.1 Å². The molecular formula is C18H28O4. The number of hydrogen-bond donors (Lipinski definition) is 0. The van der Waals surface area contributed by atoms with Gasteiger partial charge in [0.1, 0.15) is 0 Å². The number of fused-ring (bicyclic) bond motifs is 2. The first-order valence-electron chi connectivity index (χ1n) is 8.05. The van der Waals surface area contributed by atoms with Crippen LogP contribution >= 0.6 is 0 Å². The van der Waals surface area contributed by atoms with Crippen LogP contribution in [0.25, 0.3) is 0 Å². The van der Waals surface area contributed by atoms with Crippen molar-refractivity contribution in [2.45, 2.75) is 59.3 Å². The van der Waals surface area contributed by atoms with E-state index < -0.39 is 5.41 Å². The Labute approximate surface area is 133 Å². The predicted octanol–water partition coefficient (Wildman–Crippen LogP) is 3.65. The highest BCUT2D eigenvalue weighted by Crippen LogP contribution is 2.61. The van der Waals surface area contributed by atoms with Crippen molar-refractivity contribution in [3.8, 4) is 0 Å². The van der Waals surface area contributed by atoms with E-state index in [2.05, 4.69) is 13.0 Å². The predicted molar refractivity (Wildman–Crippen MR) is 84.1 cm³/mol. The highest BCUT2D eigenvalue weighted by atomic mass is 16.5. The zero-order valence-corrected chi connectivity index (χ0v) is 14.5. The molecule has 0 saturated heterocycles. The average Bonchev–Trinajstić information content (AvgIpc) is 2.44. The number of carbonyl (C=O) groups excluding carboxylic acids is 2. The van der Waals surface area contributed by atoms with Crippen LogP contribution in [0.15, 0.2) is 11.6 Å². The highest BCUT2D eigenvalue weighted by molar-refractivity contribution is 5.81. The van der Waals surface area contributed by atoms with Crippen LogP contribution in [0.1, 0.15) is 59.3 Å². The average molecular weight is 308 g/mol. The first-order chi connectivity index (χ1) is 10.2. The molecule has 2 aliphatic carbocycles. The molecule has 0 aromatic rings. The molecule has 0 N–H and O–H groups in total. The van der Waals surface area contributed by atoms with Crippen LogP contribution in [0.2, 0.25) is 0 Å². The number of methoxy groups -OCH3 is 2. The van der Waals surface area contributed by atoms with Crippen LogP contribution in [0.4, 0.5) is 0 Å². The smallest absolute Gasteiger partial charge is 0.315 e. The fourth-order valence-corrected chi connectivity index (χ4v) is 4.69. The minimum atomic E-state index is -0.707. The van der Waals surface area contributed by atoms with E-state index in [-0.39, 0.29) is 22.8 Å². The Bertz CT molecular complexity index is 505. The Balaban J connectivity index is 2.47. The standard InChI is InChI=1S/C18H28O4/c1-16(2,15(20)22-5)13-7-10-17(3)8-6-9-18(13,12-17)11-14(19)21-4/h7H,6,8-12H2,1-5H3/t17-,18?/m1/s1. The van der Waals surface area contributed by atoms with Crippen LogP contribution in [0.5, 0.6) is 0 Å². The zero-order chi connectivity index (χ0) is 16.6. The largest absolute Gasteiger partial charge is 0.469 e. The van der Waals surface area contributed by atoms with Gasteiger partial charge in [0.05, 0.1) is 26.1 Å². The summed E-state index contributed by atoms with van der Waals surface area (Å²) in [6.45, 7) is 6.10. The Hall–Kier alpha value is -1.32. The van der Waals surface area contributed by atoms with Gasteiger partial charge in [-0.05, 0) is 44.9 Å². The molecule has 0 aromatic carbocycles. The quantitative estimate of drug-likeness (QED) is 0.587.